The maximum Gasteiger partial charge on any atom is 0.224 e. The van der Waals surface area contributed by atoms with E-state index in [2.05, 4.69) is 51.0 Å². The van der Waals surface area contributed by atoms with Crippen LogP contribution in [0.25, 0.3) is 22.3 Å². The molecule has 0 aliphatic heterocycles. The zero-order valence-electron chi connectivity index (χ0n) is 11.7. The molecule has 102 valence electrons. The molecule has 5 heteroatoms. The largest absolute Gasteiger partial charge is 0.355 e. The number of benzene rings is 1. The molecule has 1 N–H and O–H groups in total. The smallest absolute Gasteiger partial charge is 0.224 e. The summed E-state index contributed by atoms with van der Waals surface area (Å²) in [4.78, 5) is 4.39. The molecule has 0 aliphatic rings. The first-order chi connectivity index (χ1) is 9.85. The predicted molar refractivity (Wildman–Crippen MR) is 80.6 cm³/mol. The Bertz CT molecular complexity index is 727. The molecule has 20 heavy (non-hydrogen) atoms. The van der Waals surface area contributed by atoms with Gasteiger partial charge in [0.25, 0.3) is 0 Å². The number of hydrogen-bond donors (Lipinski definition) is 1. The number of fused-ring (bicyclic) bond motifs is 1. The van der Waals surface area contributed by atoms with E-state index in [4.69, 9.17) is 0 Å². The molecule has 0 bridgehead atoms. The zero-order chi connectivity index (χ0) is 13.9. The van der Waals surface area contributed by atoms with Gasteiger partial charge in [0.15, 0.2) is 5.82 Å². The van der Waals surface area contributed by atoms with Gasteiger partial charge in [-0.3, -0.25) is 9.55 Å². The SMILES string of the molecule is CCNc1nnc(-c2cccc3ncccc23)n1CC. The average molecular weight is 267 g/mol. The highest BCUT2D eigenvalue weighted by molar-refractivity contribution is 5.92. The van der Waals surface area contributed by atoms with Crippen LogP contribution in [0.2, 0.25) is 0 Å². The average Bonchev–Trinajstić information content (AvgIpc) is 2.89. The van der Waals surface area contributed by atoms with E-state index in [-0.39, 0.29) is 0 Å². The summed E-state index contributed by atoms with van der Waals surface area (Å²) >= 11 is 0. The minimum Gasteiger partial charge on any atom is -0.355 e. The van der Waals surface area contributed by atoms with Crippen molar-refractivity contribution in [2.75, 3.05) is 11.9 Å². The first-order valence-electron chi connectivity index (χ1n) is 6.86. The summed E-state index contributed by atoms with van der Waals surface area (Å²) in [6.07, 6.45) is 1.81. The Balaban J connectivity index is 2.21. The molecule has 1 aromatic carbocycles. The van der Waals surface area contributed by atoms with Crippen LogP contribution in [0.1, 0.15) is 13.8 Å². The second-order valence-corrected chi connectivity index (χ2v) is 4.50. The van der Waals surface area contributed by atoms with E-state index in [9.17, 15) is 0 Å². The molecule has 3 aromatic rings. The molecule has 0 radical (unpaired) electrons. The van der Waals surface area contributed by atoms with E-state index in [1.165, 1.54) is 0 Å². The molecule has 0 amide bonds. The van der Waals surface area contributed by atoms with E-state index in [0.29, 0.717) is 0 Å². The lowest BCUT2D eigenvalue weighted by Gasteiger charge is -2.09. The minimum atomic E-state index is 0.811. The van der Waals surface area contributed by atoms with Gasteiger partial charge in [0.2, 0.25) is 5.95 Å². The summed E-state index contributed by atoms with van der Waals surface area (Å²) in [5.41, 5.74) is 2.04. The van der Waals surface area contributed by atoms with Crippen molar-refractivity contribution in [3.8, 4) is 11.4 Å². The van der Waals surface area contributed by atoms with Gasteiger partial charge in [-0.25, -0.2) is 0 Å². The topological polar surface area (TPSA) is 55.6 Å². The van der Waals surface area contributed by atoms with Crippen LogP contribution in [0.3, 0.4) is 0 Å². The third-order valence-electron chi connectivity index (χ3n) is 3.29. The highest BCUT2D eigenvalue weighted by Gasteiger charge is 2.14. The van der Waals surface area contributed by atoms with Crippen molar-refractivity contribution in [2.45, 2.75) is 20.4 Å². The van der Waals surface area contributed by atoms with E-state index >= 15 is 0 Å². The van der Waals surface area contributed by atoms with Gasteiger partial charge in [-0.05, 0) is 26.0 Å². The Labute approximate surface area is 117 Å². The van der Waals surface area contributed by atoms with Crippen molar-refractivity contribution >= 4 is 16.9 Å². The van der Waals surface area contributed by atoms with Gasteiger partial charge < -0.3 is 5.32 Å². The summed E-state index contributed by atoms with van der Waals surface area (Å²) in [6.45, 7) is 5.80. The van der Waals surface area contributed by atoms with E-state index in [1.54, 1.807) is 6.20 Å². The van der Waals surface area contributed by atoms with Crippen LogP contribution < -0.4 is 5.32 Å². The van der Waals surface area contributed by atoms with Crippen molar-refractivity contribution in [2.24, 2.45) is 0 Å². The number of nitrogens with one attached hydrogen (secondary N) is 1. The van der Waals surface area contributed by atoms with Crippen LogP contribution in [0.5, 0.6) is 0 Å². The standard InChI is InChI=1S/C15H17N5/c1-3-16-15-19-18-14(20(15)4-2)12-7-5-9-13-11(12)8-6-10-17-13/h5-10H,3-4H2,1-2H3,(H,16,19). The Kier molecular flexibility index (Phi) is 3.33. The van der Waals surface area contributed by atoms with Gasteiger partial charge >= 0.3 is 0 Å². The highest BCUT2D eigenvalue weighted by Crippen LogP contribution is 2.27. The third kappa shape index (κ3) is 2.01. The van der Waals surface area contributed by atoms with Gasteiger partial charge in [-0.1, -0.05) is 18.2 Å². The molecular formula is C15H17N5. The van der Waals surface area contributed by atoms with Crippen molar-refractivity contribution < 1.29 is 0 Å². The fourth-order valence-electron chi connectivity index (χ4n) is 2.39. The predicted octanol–water partition coefficient (Wildman–Crippen LogP) is 2.95. The van der Waals surface area contributed by atoms with Gasteiger partial charge in [0, 0.05) is 30.2 Å². The van der Waals surface area contributed by atoms with Crippen molar-refractivity contribution in [3.63, 3.8) is 0 Å². The molecule has 0 aliphatic carbocycles. The Hall–Kier alpha value is -2.43. The van der Waals surface area contributed by atoms with Gasteiger partial charge in [-0.15, -0.1) is 10.2 Å². The Morgan fingerprint density at radius 1 is 1.10 bits per heavy atom. The van der Waals surface area contributed by atoms with Crippen LogP contribution in [-0.4, -0.2) is 26.3 Å². The van der Waals surface area contributed by atoms with E-state index in [1.807, 2.05) is 18.2 Å². The molecule has 2 heterocycles. The van der Waals surface area contributed by atoms with E-state index < -0.39 is 0 Å². The quantitative estimate of drug-likeness (QED) is 0.789. The summed E-state index contributed by atoms with van der Waals surface area (Å²) in [5, 5.41) is 12.9. The molecule has 0 saturated carbocycles. The molecule has 0 atom stereocenters. The number of pyridine rings is 1. The van der Waals surface area contributed by atoms with Crippen molar-refractivity contribution in [1.82, 2.24) is 19.7 Å². The normalized spacial score (nSPS) is 10.9. The lowest BCUT2D eigenvalue weighted by molar-refractivity contribution is 0.771. The van der Waals surface area contributed by atoms with Crippen molar-refractivity contribution in [3.05, 3.63) is 36.5 Å². The monoisotopic (exact) mass is 267 g/mol. The van der Waals surface area contributed by atoms with Gasteiger partial charge in [-0.2, -0.15) is 0 Å². The molecular weight excluding hydrogens is 250 g/mol. The molecule has 0 unspecified atom stereocenters. The maximum atomic E-state index is 4.39. The number of rotatable bonds is 4. The molecule has 3 rings (SSSR count). The molecule has 5 nitrogen and oxygen atoms in total. The zero-order valence-corrected chi connectivity index (χ0v) is 11.7. The summed E-state index contributed by atoms with van der Waals surface area (Å²) < 4.78 is 2.09. The highest BCUT2D eigenvalue weighted by atomic mass is 15.3. The van der Waals surface area contributed by atoms with Gasteiger partial charge in [0.05, 0.1) is 5.52 Å². The second kappa shape index (κ2) is 5.28. The van der Waals surface area contributed by atoms with E-state index in [0.717, 1.165) is 41.3 Å². The second-order valence-electron chi connectivity index (χ2n) is 4.50. The lowest BCUT2D eigenvalue weighted by Crippen LogP contribution is -2.07. The molecule has 0 spiro atoms. The summed E-state index contributed by atoms with van der Waals surface area (Å²) in [6, 6.07) is 10.1. The number of nitrogens with zero attached hydrogens (tertiary/aromatic N) is 4. The molecule has 0 fully saturated rings. The summed E-state index contributed by atoms with van der Waals surface area (Å²) in [7, 11) is 0. The Morgan fingerprint density at radius 2 is 2.00 bits per heavy atom. The third-order valence-corrected chi connectivity index (χ3v) is 3.29. The van der Waals surface area contributed by atoms with Gasteiger partial charge in [0.1, 0.15) is 0 Å². The van der Waals surface area contributed by atoms with Crippen LogP contribution in [0, 0.1) is 0 Å². The summed E-state index contributed by atoms with van der Waals surface area (Å²) in [5.74, 6) is 1.69. The fraction of sp³-hybridized carbons (Fsp3) is 0.267. The first kappa shape index (κ1) is 12.6. The van der Waals surface area contributed by atoms with Crippen LogP contribution in [0.4, 0.5) is 5.95 Å². The fourth-order valence-corrected chi connectivity index (χ4v) is 2.39. The maximum absolute atomic E-state index is 4.39. The van der Waals surface area contributed by atoms with Crippen LogP contribution in [0.15, 0.2) is 36.5 Å². The van der Waals surface area contributed by atoms with Crippen LogP contribution >= 0.6 is 0 Å². The lowest BCUT2D eigenvalue weighted by atomic mass is 10.1. The number of anilines is 1. The molecule has 0 saturated heterocycles. The number of hydrogen-bond acceptors (Lipinski definition) is 4. The first-order valence-corrected chi connectivity index (χ1v) is 6.86. The number of aromatic nitrogens is 4. The molecule has 2 aromatic heterocycles. The Morgan fingerprint density at radius 3 is 2.80 bits per heavy atom. The van der Waals surface area contributed by atoms with Crippen LogP contribution in [-0.2, 0) is 6.54 Å². The minimum absolute atomic E-state index is 0.811. The van der Waals surface area contributed by atoms with Crippen molar-refractivity contribution in [1.29, 1.82) is 0 Å².